The van der Waals surface area contributed by atoms with Gasteiger partial charge < -0.3 is 14.7 Å². The van der Waals surface area contributed by atoms with Crippen LogP contribution >= 0.6 is 0 Å². The summed E-state index contributed by atoms with van der Waals surface area (Å²) in [5, 5.41) is 13.2. The number of hydrogen-bond donors (Lipinski definition) is 1. The second kappa shape index (κ2) is 6.91. The van der Waals surface area contributed by atoms with Crippen LogP contribution in [0, 0.1) is 12.8 Å². The molecule has 0 saturated carbocycles. The van der Waals surface area contributed by atoms with Gasteiger partial charge in [0, 0.05) is 31.5 Å². The summed E-state index contributed by atoms with van der Waals surface area (Å²) in [6, 6.07) is 0. The maximum absolute atomic E-state index is 12.7. The van der Waals surface area contributed by atoms with E-state index < -0.39 is 5.97 Å². The first-order valence-electron chi connectivity index (χ1n) is 7.56. The molecule has 7 nitrogen and oxygen atoms in total. The molecule has 2 heterocycles. The van der Waals surface area contributed by atoms with E-state index >= 15 is 0 Å². The number of carbonyl (C=O) groups is 2. The normalized spacial score (nSPS) is 21.0. The SMILES string of the molecule is CCCN(CC(=O)O)C(=O)[C@H]1CCO[C@@H]1c1cnn(C)c1C. The number of hydrogen-bond acceptors (Lipinski definition) is 4. The molecule has 1 aromatic rings. The monoisotopic (exact) mass is 309 g/mol. The van der Waals surface area contributed by atoms with Gasteiger partial charge in [0.25, 0.3) is 0 Å². The minimum atomic E-state index is -0.991. The number of carboxylic acid groups (broad SMARTS) is 1. The van der Waals surface area contributed by atoms with E-state index in [0.717, 1.165) is 17.7 Å². The van der Waals surface area contributed by atoms with Gasteiger partial charge in [0.15, 0.2) is 0 Å². The number of amides is 1. The van der Waals surface area contributed by atoms with Crippen molar-refractivity contribution >= 4 is 11.9 Å². The molecule has 0 radical (unpaired) electrons. The zero-order valence-electron chi connectivity index (χ0n) is 13.3. The highest BCUT2D eigenvalue weighted by molar-refractivity contribution is 5.84. The molecule has 0 aliphatic carbocycles. The van der Waals surface area contributed by atoms with E-state index in [9.17, 15) is 9.59 Å². The van der Waals surface area contributed by atoms with Crippen LogP contribution in [0.2, 0.25) is 0 Å². The minimum absolute atomic E-state index is 0.144. The van der Waals surface area contributed by atoms with E-state index in [-0.39, 0.29) is 24.5 Å². The zero-order chi connectivity index (χ0) is 16.3. The minimum Gasteiger partial charge on any atom is -0.480 e. The van der Waals surface area contributed by atoms with Crippen LogP contribution < -0.4 is 0 Å². The molecule has 1 N–H and O–H groups in total. The zero-order valence-corrected chi connectivity index (χ0v) is 13.3. The van der Waals surface area contributed by atoms with Gasteiger partial charge in [-0.05, 0) is 19.8 Å². The third-order valence-electron chi connectivity index (χ3n) is 4.12. The first kappa shape index (κ1) is 16.5. The predicted octanol–water partition coefficient (Wildman–Crippen LogP) is 1.13. The number of carbonyl (C=O) groups excluding carboxylic acids is 1. The van der Waals surface area contributed by atoms with Crippen LogP contribution in [0.15, 0.2) is 6.20 Å². The summed E-state index contributed by atoms with van der Waals surface area (Å²) in [7, 11) is 1.85. The summed E-state index contributed by atoms with van der Waals surface area (Å²) >= 11 is 0. The van der Waals surface area contributed by atoms with Crippen molar-refractivity contribution in [1.82, 2.24) is 14.7 Å². The van der Waals surface area contributed by atoms with Crippen molar-refractivity contribution in [2.75, 3.05) is 19.7 Å². The summed E-state index contributed by atoms with van der Waals surface area (Å²) in [6.07, 6.45) is 2.72. The number of rotatable bonds is 6. The molecule has 0 spiro atoms. The van der Waals surface area contributed by atoms with Crippen LogP contribution in [0.4, 0.5) is 0 Å². The Kier molecular flexibility index (Phi) is 5.18. The quantitative estimate of drug-likeness (QED) is 0.851. The molecule has 2 rings (SSSR count). The van der Waals surface area contributed by atoms with E-state index in [1.165, 1.54) is 4.90 Å². The van der Waals surface area contributed by atoms with Crippen molar-refractivity contribution in [2.45, 2.75) is 32.8 Å². The highest BCUT2D eigenvalue weighted by Crippen LogP contribution is 2.37. The largest absolute Gasteiger partial charge is 0.480 e. The summed E-state index contributed by atoms with van der Waals surface area (Å²) in [5.41, 5.74) is 1.87. The first-order chi connectivity index (χ1) is 10.5. The number of ether oxygens (including phenoxy) is 1. The van der Waals surface area contributed by atoms with Crippen molar-refractivity contribution in [3.63, 3.8) is 0 Å². The van der Waals surface area contributed by atoms with E-state index in [1.54, 1.807) is 10.9 Å². The summed E-state index contributed by atoms with van der Waals surface area (Å²) in [5.74, 6) is -1.47. The number of aryl methyl sites for hydroxylation is 1. The molecule has 1 amide bonds. The Balaban J connectivity index is 2.19. The van der Waals surface area contributed by atoms with Gasteiger partial charge in [0.05, 0.1) is 18.2 Å². The number of carboxylic acids is 1. The second-order valence-corrected chi connectivity index (χ2v) is 5.65. The van der Waals surface area contributed by atoms with Crippen molar-refractivity contribution in [3.05, 3.63) is 17.5 Å². The van der Waals surface area contributed by atoms with Gasteiger partial charge in [0.2, 0.25) is 5.91 Å². The smallest absolute Gasteiger partial charge is 0.323 e. The van der Waals surface area contributed by atoms with Gasteiger partial charge in [-0.2, -0.15) is 5.10 Å². The Morgan fingerprint density at radius 2 is 2.27 bits per heavy atom. The predicted molar refractivity (Wildman–Crippen MR) is 79.3 cm³/mol. The van der Waals surface area contributed by atoms with Crippen LogP contribution in [-0.2, 0) is 21.4 Å². The van der Waals surface area contributed by atoms with Crippen molar-refractivity contribution in [3.8, 4) is 0 Å². The van der Waals surface area contributed by atoms with E-state index in [1.807, 2.05) is 20.9 Å². The average molecular weight is 309 g/mol. The molecule has 1 aliphatic rings. The lowest BCUT2D eigenvalue weighted by molar-refractivity contribution is -0.147. The molecular weight excluding hydrogens is 286 g/mol. The van der Waals surface area contributed by atoms with Crippen LogP contribution in [0.3, 0.4) is 0 Å². The van der Waals surface area contributed by atoms with Gasteiger partial charge in [0.1, 0.15) is 6.54 Å². The third-order valence-corrected chi connectivity index (χ3v) is 4.12. The summed E-state index contributed by atoms with van der Waals surface area (Å²) in [4.78, 5) is 25.1. The highest BCUT2D eigenvalue weighted by Gasteiger charge is 2.39. The average Bonchev–Trinajstić information content (AvgIpc) is 3.05. The lowest BCUT2D eigenvalue weighted by atomic mass is 9.94. The van der Waals surface area contributed by atoms with Gasteiger partial charge in [-0.1, -0.05) is 6.92 Å². The molecule has 1 aromatic heterocycles. The lowest BCUT2D eigenvalue weighted by Gasteiger charge is -2.26. The molecule has 1 aliphatic heterocycles. The second-order valence-electron chi connectivity index (χ2n) is 5.65. The van der Waals surface area contributed by atoms with E-state index in [4.69, 9.17) is 9.84 Å². The summed E-state index contributed by atoms with van der Waals surface area (Å²) in [6.45, 7) is 4.55. The van der Waals surface area contributed by atoms with Crippen LogP contribution in [0.25, 0.3) is 0 Å². The van der Waals surface area contributed by atoms with Crippen molar-refractivity contribution < 1.29 is 19.4 Å². The van der Waals surface area contributed by atoms with Crippen molar-refractivity contribution in [1.29, 1.82) is 0 Å². The maximum atomic E-state index is 12.7. The van der Waals surface area contributed by atoms with Crippen LogP contribution in [0.1, 0.15) is 37.1 Å². The fourth-order valence-corrected chi connectivity index (χ4v) is 2.88. The molecule has 2 atom stereocenters. The molecule has 0 aromatic carbocycles. The topological polar surface area (TPSA) is 84.7 Å². The van der Waals surface area contributed by atoms with Crippen LogP contribution in [0.5, 0.6) is 0 Å². The van der Waals surface area contributed by atoms with Crippen LogP contribution in [-0.4, -0.2) is 51.4 Å². The molecule has 0 unspecified atom stereocenters. The van der Waals surface area contributed by atoms with Gasteiger partial charge >= 0.3 is 5.97 Å². The Bertz CT molecular complexity index is 555. The fourth-order valence-electron chi connectivity index (χ4n) is 2.88. The molecule has 1 fully saturated rings. The number of aromatic nitrogens is 2. The van der Waals surface area contributed by atoms with Gasteiger partial charge in [-0.15, -0.1) is 0 Å². The van der Waals surface area contributed by atoms with E-state index in [0.29, 0.717) is 19.6 Å². The third kappa shape index (κ3) is 3.30. The molecule has 22 heavy (non-hydrogen) atoms. The summed E-state index contributed by atoms with van der Waals surface area (Å²) < 4.78 is 7.50. The van der Waals surface area contributed by atoms with Gasteiger partial charge in [-0.3, -0.25) is 14.3 Å². The fraction of sp³-hybridized carbons (Fsp3) is 0.667. The molecular formula is C15H23N3O4. The Morgan fingerprint density at radius 1 is 1.55 bits per heavy atom. The molecule has 122 valence electrons. The number of aliphatic carboxylic acids is 1. The van der Waals surface area contributed by atoms with Crippen molar-refractivity contribution in [2.24, 2.45) is 13.0 Å². The molecule has 0 bridgehead atoms. The Labute approximate surface area is 129 Å². The van der Waals surface area contributed by atoms with Gasteiger partial charge in [-0.25, -0.2) is 0 Å². The highest BCUT2D eigenvalue weighted by atomic mass is 16.5. The number of nitrogens with zero attached hydrogens (tertiary/aromatic N) is 3. The maximum Gasteiger partial charge on any atom is 0.323 e. The molecule has 1 saturated heterocycles. The Morgan fingerprint density at radius 3 is 2.82 bits per heavy atom. The first-order valence-corrected chi connectivity index (χ1v) is 7.56. The lowest BCUT2D eigenvalue weighted by Crippen LogP contribution is -2.41. The standard InChI is InChI=1S/C15H23N3O4/c1-4-6-18(9-13(19)20)15(21)11-5-7-22-14(11)12-8-16-17(3)10(12)2/h8,11,14H,4-7,9H2,1-3H3,(H,19,20)/t11-,14-/m0/s1. The Hall–Kier alpha value is -1.89. The van der Waals surface area contributed by atoms with E-state index in [2.05, 4.69) is 5.10 Å². The molecule has 7 heteroatoms.